The highest BCUT2D eigenvalue weighted by molar-refractivity contribution is 5.97. The molecule has 2 N–H and O–H groups in total. The van der Waals surface area contributed by atoms with E-state index in [1.54, 1.807) is 18.2 Å². The molecule has 2 aromatic carbocycles. The molecule has 0 radical (unpaired) electrons. The van der Waals surface area contributed by atoms with Gasteiger partial charge in [-0.15, -0.1) is 0 Å². The van der Waals surface area contributed by atoms with E-state index in [-0.39, 0.29) is 12.1 Å². The maximum atomic E-state index is 12.6. The third-order valence-corrected chi connectivity index (χ3v) is 4.16. The first kappa shape index (κ1) is 19.3. The van der Waals surface area contributed by atoms with Gasteiger partial charge in [0, 0.05) is 11.8 Å². The van der Waals surface area contributed by atoms with Crippen molar-refractivity contribution in [3.63, 3.8) is 0 Å². The Bertz CT molecular complexity index is 1020. The molecule has 0 aliphatic rings. The molecule has 3 rings (SSSR count). The number of hydrogen-bond acceptors (Lipinski definition) is 3. The molecule has 0 saturated carbocycles. The van der Waals surface area contributed by atoms with Crippen molar-refractivity contribution in [2.75, 3.05) is 0 Å². The van der Waals surface area contributed by atoms with Crippen molar-refractivity contribution < 1.29 is 27.9 Å². The fourth-order valence-electron chi connectivity index (χ4n) is 2.69. The number of carboxylic acids is 1. The van der Waals surface area contributed by atoms with E-state index in [1.807, 2.05) is 12.1 Å². The average molecular weight is 388 g/mol. The number of aromatic nitrogens is 1. The Morgan fingerprint density at radius 3 is 2.32 bits per heavy atom. The fraction of sp³-hybridized carbons (Fsp3) is 0.150. The maximum absolute atomic E-state index is 12.6. The molecular formula is C20H15F3N2O3. The summed E-state index contributed by atoms with van der Waals surface area (Å²) in [5.74, 6) is -1.97. The number of alkyl halides is 3. The zero-order chi connectivity index (χ0) is 20.3. The quantitative estimate of drug-likeness (QED) is 0.699. The van der Waals surface area contributed by atoms with Crippen LogP contribution < -0.4 is 5.32 Å². The van der Waals surface area contributed by atoms with E-state index in [4.69, 9.17) is 0 Å². The zero-order valence-electron chi connectivity index (χ0n) is 14.4. The van der Waals surface area contributed by atoms with Crippen LogP contribution in [0.1, 0.15) is 21.6 Å². The van der Waals surface area contributed by atoms with Crippen LogP contribution in [0.15, 0.2) is 60.7 Å². The Morgan fingerprint density at radius 1 is 1.00 bits per heavy atom. The topological polar surface area (TPSA) is 79.3 Å². The molecule has 1 atom stereocenters. The van der Waals surface area contributed by atoms with Crippen LogP contribution in [0.2, 0.25) is 0 Å². The van der Waals surface area contributed by atoms with E-state index in [1.165, 1.54) is 18.2 Å². The van der Waals surface area contributed by atoms with Gasteiger partial charge in [-0.05, 0) is 29.8 Å². The van der Waals surface area contributed by atoms with Crippen LogP contribution in [0.4, 0.5) is 13.2 Å². The lowest BCUT2D eigenvalue weighted by Gasteiger charge is -2.15. The van der Waals surface area contributed by atoms with Crippen molar-refractivity contribution in [1.29, 1.82) is 0 Å². The van der Waals surface area contributed by atoms with Gasteiger partial charge in [-0.25, -0.2) is 9.78 Å². The number of halogens is 3. The predicted molar refractivity (Wildman–Crippen MR) is 95.8 cm³/mol. The van der Waals surface area contributed by atoms with E-state index in [2.05, 4.69) is 10.3 Å². The summed E-state index contributed by atoms with van der Waals surface area (Å²) in [5, 5.41) is 12.6. The summed E-state index contributed by atoms with van der Waals surface area (Å²) in [4.78, 5) is 28.1. The van der Waals surface area contributed by atoms with Gasteiger partial charge in [0.15, 0.2) is 0 Å². The van der Waals surface area contributed by atoms with E-state index in [9.17, 15) is 27.9 Å². The second-order valence-corrected chi connectivity index (χ2v) is 6.15. The van der Waals surface area contributed by atoms with E-state index in [0.29, 0.717) is 11.1 Å². The van der Waals surface area contributed by atoms with Gasteiger partial charge in [0.2, 0.25) is 0 Å². The molecule has 3 aromatic rings. The second-order valence-electron chi connectivity index (χ2n) is 6.15. The van der Waals surface area contributed by atoms with E-state index in [0.717, 1.165) is 17.5 Å². The predicted octanol–water partition coefficient (Wildman–Crippen LogP) is 3.68. The summed E-state index contributed by atoms with van der Waals surface area (Å²) in [6.07, 6.45) is -4.63. The van der Waals surface area contributed by atoms with E-state index < -0.39 is 29.7 Å². The number of carboxylic acid groups (broad SMARTS) is 1. The molecule has 0 fully saturated rings. The maximum Gasteiger partial charge on any atom is 0.416 e. The molecular weight excluding hydrogens is 373 g/mol. The average Bonchev–Trinajstić information content (AvgIpc) is 2.66. The third-order valence-electron chi connectivity index (χ3n) is 4.16. The molecule has 0 unspecified atom stereocenters. The van der Waals surface area contributed by atoms with Gasteiger partial charge in [-0.1, -0.05) is 36.4 Å². The number of nitrogens with zero attached hydrogens (tertiary/aromatic N) is 1. The number of fused-ring (bicyclic) bond motifs is 1. The molecule has 0 saturated heterocycles. The van der Waals surface area contributed by atoms with Crippen LogP contribution in [0.5, 0.6) is 0 Å². The van der Waals surface area contributed by atoms with Gasteiger partial charge in [0.1, 0.15) is 11.7 Å². The Morgan fingerprint density at radius 2 is 1.68 bits per heavy atom. The van der Waals surface area contributed by atoms with Gasteiger partial charge in [0.25, 0.3) is 5.91 Å². The van der Waals surface area contributed by atoms with Crippen LogP contribution >= 0.6 is 0 Å². The van der Waals surface area contributed by atoms with Gasteiger partial charge < -0.3 is 10.4 Å². The first-order valence-electron chi connectivity index (χ1n) is 8.29. The smallest absolute Gasteiger partial charge is 0.416 e. The molecule has 1 amide bonds. The highest BCUT2D eigenvalue weighted by Crippen LogP contribution is 2.29. The third kappa shape index (κ3) is 4.46. The molecule has 1 aromatic heterocycles. The number of benzene rings is 2. The van der Waals surface area contributed by atoms with Crippen LogP contribution in [-0.2, 0) is 17.4 Å². The highest BCUT2D eigenvalue weighted by Gasteiger charge is 2.30. The number of hydrogen-bond donors (Lipinski definition) is 2. The molecule has 1 heterocycles. The number of nitrogens with one attached hydrogen (secondary N) is 1. The number of aliphatic carboxylic acids is 1. The lowest BCUT2D eigenvalue weighted by molar-refractivity contribution is -0.139. The summed E-state index contributed by atoms with van der Waals surface area (Å²) in [6.45, 7) is 0. The SMILES string of the molecule is O=C(N[C@@H](Cc1ccc(C(F)(F)F)cc1)C(=O)O)c1ccc2ccccc2n1. The fourth-order valence-corrected chi connectivity index (χ4v) is 2.69. The molecule has 28 heavy (non-hydrogen) atoms. The van der Waals surface area contributed by atoms with Gasteiger partial charge in [-0.2, -0.15) is 13.2 Å². The lowest BCUT2D eigenvalue weighted by atomic mass is 10.0. The van der Waals surface area contributed by atoms with E-state index >= 15 is 0 Å². The minimum atomic E-state index is -4.47. The molecule has 0 bridgehead atoms. The van der Waals surface area contributed by atoms with Gasteiger partial charge in [-0.3, -0.25) is 4.79 Å². The lowest BCUT2D eigenvalue weighted by Crippen LogP contribution is -2.42. The minimum Gasteiger partial charge on any atom is -0.480 e. The summed E-state index contributed by atoms with van der Waals surface area (Å²) >= 11 is 0. The second kappa shape index (κ2) is 7.67. The molecule has 0 aliphatic carbocycles. The molecule has 5 nitrogen and oxygen atoms in total. The Kier molecular flexibility index (Phi) is 5.30. The Balaban J connectivity index is 1.75. The molecule has 0 aliphatic heterocycles. The van der Waals surface area contributed by atoms with Crippen LogP contribution in [0.25, 0.3) is 10.9 Å². The van der Waals surface area contributed by atoms with Crippen molar-refractivity contribution in [3.05, 3.63) is 77.5 Å². The number of para-hydroxylation sites is 1. The minimum absolute atomic E-state index is 0.0531. The summed E-state index contributed by atoms with van der Waals surface area (Å²) in [7, 11) is 0. The monoisotopic (exact) mass is 388 g/mol. The van der Waals surface area contributed by atoms with Crippen LogP contribution in [0.3, 0.4) is 0 Å². The van der Waals surface area contributed by atoms with Crippen molar-refractivity contribution in [3.8, 4) is 0 Å². The highest BCUT2D eigenvalue weighted by atomic mass is 19.4. The first-order chi connectivity index (χ1) is 13.2. The molecule has 8 heteroatoms. The number of rotatable bonds is 5. The Hall–Kier alpha value is -3.42. The number of amides is 1. The van der Waals surface area contributed by atoms with Gasteiger partial charge in [0.05, 0.1) is 11.1 Å². The van der Waals surface area contributed by atoms with Crippen LogP contribution in [0, 0.1) is 0 Å². The standard InChI is InChI=1S/C20H15F3N2O3/c21-20(22,23)14-8-5-12(6-9-14)11-17(19(27)28)25-18(26)16-10-7-13-3-1-2-4-15(13)24-16/h1-10,17H,11H2,(H,25,26)(H,27,28)/t17-/m0/s1. The molecule has 144 valence electrons. The number of carbonyl (C=O) groups is 2. The number of carbonyl (C=O) groups excluding carboxylic acids is 1. The zero-order valence-corrected chi connectivity index (χ0v) is 14.4. The molecule has 0 spiro atoms. The summed E-state index contributed by atoms with van der Waals surface area (Å²) in [5.41, 5.74) is 0.168. The summed E-state index contributed by atoms with van der Waals surface area (Å²) in [6, 6.07) is 13.2. The first-order valence-corrected chi connectivity index (χ1v) is 8.29. The largest absolute Gasteiger partial charge is 0.480 e. The van der Waals surface area contributed by atoms with Crippen molar-refractivity contribution in [1.82, 2.24) is 10.3 Å². The van der Waals surface area contributed by atoms with Crippen LogP contribution in [-0.4, -0.2) is 28.0 Å². The summed E-state index contributed by atoms with van der Waals surface area (Å²) < 4.78 is 37.9. The normalized spacial score (nSPS) is 12.5. The Labute approximate surface area is 157 Å². The van der Waals surface area contributed by atoms with Gasteiger partial charge >= 0.3 is 12.1 Å². The van der Waals surface area contributed by atoms with Crippen molar-refractivity contribution in [2.24, 2.45) is 0 Å². The van der Waals surface area contributed by atoms with Crippen molar-refractivity contribution in [2.45, 2.75) is 18.6 Å². The van der Waals surface area contributed by atoms with Crippen molar-refractivity contribution >= 4 is 22.8 Å². The number of pyridine rings is 1.